The summed E-state index contributed by atoms with van der Waals surface area (Å²) >= 11 is 1.91. The maximum atomic E-state index is 13.2. The highest BCUT2D eigenvalue weighted by Gasteiger charge is 2.13. The molecule has 0 aliphatic rings. The van der Waals surface area contributed by atoms with Crippen LogP contribution in [-0.2, 0) is 0 Å². The van der Waals surface area contributed by atoms with Gasteiger partial charge in [-0.2, -0.15) is 0 Å². The summed E-state index contributed by atoms with van der Waals surface area (Å²) in [4.78, 5) is 24.9. The number of benzene rings is 3. The van der Waals surface area contributed by atoms with Gasteiger partial charge >= 0.3 is 0 Å². The van der Waals surface area contributed by atoms with E-state index in [2.05, 4.69) is 5.32 Å². The summed E-state index contributed by atoms with van der Waals surface area (Å²) in [5, 5.41) is 2.75. The first kappa shape index (κ1) is 17.3. The largest absolute Gasteiger partial charge is 0.322 e. The number of ketones is 1. The molecular weight excluding hydrogens is 432 g/mol. The summed E-state index contributed by atoms with van der Waals surface area (Å²) in [7, 11) is 0. The fourth-order valence-electron chi connectivity index (χ4n) is 2.37. The van der Waals surface area contributed by atoms with Gasteiger partial charge < -0.3 is 5.32 Å². The summed E-state index contributed by atoms with van der Waals surface area (Å²) in [6, 6.07) is 19.7. The van der Waals surface area contributed by atoms with Gasteiger partial charge in [0.15, 0.2) is 5.78 Å². The molecule has 0 aromatic heterocycles. The number of hydrogen-bond donors (Lipinski definition) is 1. The highest BCUT2D eigenvalue weighted by Crippen LogP contribution is 2.18. The minimum Gasteiger partial charge on any atom is -0.322 e. The van der Waals surface area contributed by atoms with Gasteiger partial charge in [-0.3, -0.25) is 9.59 Å². The molecule has 0 heterocycles. The van der Waals surface area contributed by atoms with Gasteiger partial charge in [-0.05, 0) is 52.9 Å². The average molecular weight is 445 g/mol. The highest BCUT2D eigenvalue weighted by molar-refractivity contribution is 14.1. The van der Waals surface area contributed by atoms with Crippen molar-refractivity contribution in [3.63, 3.8) is 0 Å². The Morgan fingerprint density at radius 1 is 0.840 bits per heavy atom. The smallest absolute Gasteiger partial charge is 0.256 e. The summed E-state index contributed by atoms with van der Waals surface area (Å²) < 4.78 is 13.7. The van der Waals surface area contributed by atoms with Crippen molar-refractivity contribution in [2.24, 2.45) is 0 Å². The number of anilines is 1. The molecule has 124 valence electrons. The van der Waals surface area contributed by atoms with Crippen LogP contribution in [0.25, 0.3) is 0 Å². The molecule has 0 unspecified atom stereocenters. The van der Waals surface area contributed by atoms with Crippen LogP contribution in [0.2, 0.25) is 0 Å². The van der Waals surface area contributed by atoms with Gasteiger partial charge in [0.1, 0.15) is 5.82 Å². The van der Waals surface area contributed by atoms with Crippen molar-refractivity contribution < 1.29 is 14.0 Å². The SMILES string of the molecule is O=C(c1ccccc1)c1cccc(NC(=O)c2ccc(F)cc2I)c1. The third-order valence-corrected chi connectivity index (χ3v) is 4.49. The molecule has 25 heavy (non-hydrogen) atoms. The van der Waals surface area contributed by atoms with E-state index in [-0.39, 0.29) is 11.7 Å². The Balaban J connectivity index is 1.82. The van der Waals surface area contributed by atoms with Gasteiger partial charge in [0, 0.05) is 20.4 Å². The van der Waals surface area contributed by atoms with E-state index in [4.69, 9.17) is 0 Å². The van der Waals surface area contributed by atoms with E-state index in [0.29, 0.717) is 25.9 Å². The topological polar surface area (TPSA) is 46.2 Å². The normalized spacial score (nSPS) is 10.3. The summed E-state index contributed by atoms with van der Waals surface area (Å²) in [5.74, 6) is -0.863. The van der Waals surface area contributed by atoms with Crippen LogP contribution in [0.5, 0.6) is 0 Å². The standard InChI is InChI=1S/C20H13FINO2/c21-15-9-10-17(18(22)12-15)20(25)23-16-8-4-7-14(11-16)19(24)13-5-2-1-3-6-13/h1-12H,(H,23,25). The second kappa shape index (κ2) is 7.57. The van der Waals surface area contributed by atoms with Crippen LogP contribution in [0.3, 0.4) is 0 Å². The number of carbonyl (C=O) groups is 2. The fourth-order valence-corrected chi connectivity index (χ4v) is 3.09. The van der Waals surface area contributed by atoms with Gasteiger partial charge in [0.05, 0.1) is 5.56 Å². The van der Waals surface area contributed by atoms with Gasteiger partial charge in [-0.1, -0.05) is 42.5 Å². The van der Waals surface area contributed by atoms with E-state index in [0.717, 1.165) is 0 Å². The predicted octanol–water partition coefficient (Wildman–Crippen LogP) is 4.91. The monoisotopic (exact) mass is 445 g/mol. The van der Waals surface area contributed by atoms with Crippen molar-refractivity contribution in [3.8, 4) is 0 Å². The number of rotatable bonds is 4. The summed E-state index contributed by atoms with van der Waals surface area (Å²) in [5.41, 5.74) is 1.95. The van der Waals surface area contributed by atoms with Crippen LogP contribution in [0.15, 0.2) is 72.8 Å². The zero-order valence-corrected chi connectivity index (χ0v) is 15.2. The Morgan fingerprint density at radius 3 is 2.28 bits per heavy atom. The number of carbonyl (C=O) groups excluding carboxylic acids is 2. The minimum atomic E-state index is -0.392. The Morgan fingerprint density at radius 2 is 1.56 bits per heavy atom. The summed E-state index contributed by atoms with van der Waals surface area (Å²) in [6.45, 7) is 0. The van der Waals surface area contributed by atoms with Crippen LogP contribution in [-0.4, -0.2) is 11.7 Å². The van der Waals surface area contributed by atoms with Crippen LogP contribution in [0.4, 0.5) is 10.1 Å². The second-order valence-electron chi connectivity index (χ2n) is 5.35. The van der Waals surface area contributed by atoms with E-state index in [1.165, 1.54) is 18.2 Å². The maximum absolute atomic E-state index is 13.2. The quantitative estimate of drug-likeness (QED) is 0.458. The third-order valence-electron chi connectivity index (χ3n) is 3.59. The van der Waals surface area contributed by atoms with E-state index >= 15 is 0 Å². The lowest BCUT2D eigenvalue weighted by Gasteiger charge is -2.09. The molecule has 0 aliphatic heterocycles. The molecule has 3 aromatic rings. The number of amides is 1. The Bertz CT molecular complexity index is 941. The van der Waals surface area contributed by atoms with Crippen molar-refractivity contribution >= 4 is 40.0 Å². The molecular formula is C20H13FINO2. The first-order chi connectivity index (χ1) is 12.0. The predicted molar refractivity (Wildman–Crippen MR) is 103 cm³/mol. The molecule has 0 aliphatic carbocycles. The van der Waals surface area contributed by atoms with Crippen LogP contribution < -0.4 is 5.32 Å². The van der Waals surface area contributed by atoms with Crippen LogP contribution in [0, 0.1) is 9.39 Å². The molecule has 0 fully saturated rings. The number of hydrogen-bond acceptors (Lipinski definition) is 2. The van der Waals surface area contributed by atoms with E-state index < -0.39 is 5.82 Å². The molecule has 3 nitrogen and oxygen atoms in total. The minimum absolute atomic E-state index is 0.118. The highest BCUT2D eigenvalue weighted by atomic mass is 127. The van der Waals surface area contributed by atoms with Gasteiger partial charge in [-0.15, -0.1) is 0 Å². The maximum Gasteiger partial charge on any atom is 0.256 e. The molecule has 0 bridgehead atoms. The molecule has 0 saturated carbocycles. The molecule has 5 heteroatoms. The lowest BCUT2D eigenvalue weighted by Crippen LogP contribution is -2.14. The van der Waals surface area contributed by atoms with E-state index in [9.17, 15) is 14.0 Å². The van der Waals surface area contributed by atoms with Gasteiger partial charge in [-0.25, -0.2) is 4.39 Å². The van der Waals surface area contributed by atoms with Crippen molar-refractivity contribution in [2.75, 3.05) is 5.32 Å². The van der Waals surface area contributed by atoms with Crippen molar-refractivity contribution in [2.45, 2.75) is 0 Å². The number of halogens is 2. The third kappa shape index (κ3) is 4.11. The van der Waals surface area contributed by atoms with Gasteiger partial charge in [0.25, 0.3) is 5.91 Å². The average Bonchev–Trinajstić information content (AvgIpc) is 2.62. The zero-order valence-electron chi connectivity index (χ0n) is 13.0. The van der Waals surface area contributed by atoms with E-state index in [1.54, 1.807) is 48.5 Å². The van der Waals surface area contributed by atoms with Gasteiger partial charge in [0.2, 0.25) is 0 Å². The molecule has 0 atom stereocenters. The van der Waals surface area contributed by atoms with Crippen molar-refractivity contribution in [1.82, 2.24) is 0 Å². The first-order valence-electron chi connectivity index (χ1n) is 7.51. The number of nitrogens with one attached hydrogen (secondary N) is 1. The lowest BCUT2D eigenvalue weighted by atomic mass is 10.0. The Kier molecular flexibility index (Phi) is 5.23. The summed E-state index contributed by atoms with van der Waals surface area (Å²) in [6.07, 6.45) is 0. The van der Waals surface area contributed by atoms with Crippen molar-refractivity contribution in [3.05, 3.63) is 98.9 Å². The fraction of sp³-hybridized carbons (Fsp3) is 0. The molecule has 0 saturated heterocycles. The molecule has 3 rings (SSSR count). The van der Waals surface area contributed by atoms with E-state index in [1.807, 2.05) is 28.7 Å². The Hall–Kier alpha value is -2.54. The van der Waals surface area contributed by atoms with Crippen molar-refractivity contribution in [1.29, 1.82) is 0 Å². The molecule has 3 aromatic carbocycles. The Labute approximate surface area is 158 Å². The molecule has 0 radical (unpaired) electrons. The van der Waals surface area contributed by atoms with Crippen LogP contribution >= 0.6 is 22.6 Å². The zero-order chi connectivity index (χ0) is 17.8. The molecule has 1 N–H and O–H groups in total. The first-order valence-corrected chi connectivity index (χ1v) is 8.59. The van der Waals surface area contributed by atoms with Crippen LogP contribution in [0.1, 0.15) is 26.3 Å². The second-order valence-corrected chi connectivity index (χ2v) is 6.52. The lowest BCUT2D eigenvalue weighted by molar-refractivity contribution is 0.102. The molecule has 1 amide bonds. The molecule has 0 spiro atoms.